The molecule has 0 saturated carbocycles. The minimum absolute atomic E-state index is 0.00102. The second kappa shape index (κ2) is 6.73. The van der Waals surface area contributed by atoms with Crippen molar-refractivity contribution in [3.05, 3.63) is 29.3 Å². The number of hydrogen-bond acceptors (Lipinski definition) is 3. The van der Waals surface area contributed by atoms with E-state index in [1.807, 2.05) is 36.9 Å². The molecule has 116 valence electrons. The normalized spacial score (nSPS) is 20.9. The fourth-order valence-electron chi connectivity index (χ4n) is 2.76. The van der Waals surface area contributed by atoms with Gasteiger partial charge in [0.05, 0.1) is 0 Å². The van der Waals surface area contributed by atoms with Crippen molar-refractivity contribution in [2.45, 2.75) is 40.2 Å². The van der Waals surface area contributed by atoms with Gasteiger partial charge >= 0.3 is 0 Å². The van der Waals surface area contributed by atoms with Crippen LogP contribution in [0.5, 0.6) is 0 Å². The third-order valence-electron chi connectivity index (χ3n) is 3.81. The number of aryl methyl sites for hydroxylation is 1. The zero-order chi connectivity index (χ0) is 15.5. The maximum absolute atomic E-state index is 12.0. The number of carbonyl (C=O) groups excluding carboxylic acids is 1. The van der Waals surface area contributed by atoms with Crippen molar-refractivity contribution >= 4 is 23.4 Å². The average molecular weight is 306 g/mol. The number of thioether (sulfide) groups is 1. The first-order valence-corrected chi connectivity index (χ1v) is 8.80. The Morgan fingerprint density at radius 2 is 2.19 bits per heavy atom. The molecule has 1 amide bonds. The van der Waals surface area contributed by atoms with Crippen LogP contribution in [0.4, 0.5) is 5.69 Å². The van der Waals surface area contributed by atoms with Gasteiger partial charge in [-0.3, -0.25) is 4.79 Å². The zero-order valence-corrected chi connectivity index (χ0v) is 14.3. The molecule has 21 heavy (non-hydrogen) atoms. The number of benzene rings is 1. The molecule has 0 radical (unpaired) electrons. The minimum Gasteiger partial charge on any atom is -0.381 e. The summed E-state index contributed by atoms with van der Waals surface area (Å²) in [6.07, 6.45) is 1.17. The van der Waals surface area contributed by atoms with E-state index in [1.165, 1.54) is 17.7 Å². The first kappa shape index (κ1) is 16.2. The topological polar surface area (TPSA) is 41.1 Å². The van der Waals surface area contributed by atoms with Crippen LogP contribution >= 0.6 is 11.8 Å². The molecule has 2 N–H and O–H groups in total. The minimum atomic E-state index is -0.00102. The molecule has 1 heterocycles. The molecule has 1 aliphatic heterocycles. The van der Waals surface area contributed by atoms with Crippen molar-refractivity contribution in [3.8, 4) is 0 Å². The van der Waals surface area contributed by atoms with Gasteiger partial charge in [0.1, 0.15) is 0 Å². The van der Waals surface area contributed by atoms with Crippen molar-refractivity contribution in [2.75, 3.05) is 23.4 Å². The first-order valence-electron chi connectivity index (χ1n) is 7.64. The van der Waals surface area contributed by atoms with E-state index in [0.29, 0.717) is 18.0 Å². The predicted octanol–water partition coefficient (Wildman–Crippen LogP) is 3.69. The zero-order valence-electron chi connectivity index (χ0n) is 13.5. The van der Waals surface area contributed by atoms with Gasteiger partial charge < -0.3 is 10.6 Å². The van der Waals surface area contributed by atoms with Crippen molar-refractivity contribution in [3.63, 3.8) is 0 Å². The summed E-state index contributed by atoms with van der Waals surface area (Å²) in [5.74, 6) is 2.36. The summed E-state index contributed by atoms with van der Waals surface area (Å²) >= 11 is 2.01. The van der Waals surface area contributed by atoms with Crippen LogP contribution in [0.25, 0.3) is 0 Å². The van der Waals surface area contributed by atoms with E-state index in [0.717, 1.165) is 17.0 Å². The van der Waals surface area contributed by atoms with Crippen LogP contribution in [0.15, 0.2) is 18.2 Å². The highest BCUT2D eigenvalue weighted by Gasteiger charge is 2.28. The molecule has 1 unspecified atom stereocenters. The number of anilines is 1. The molecule has 1 saturated heterocycles. The standard InChI is InChI=1S/C17H26N2OS/c1-5-18-16(20)13-7-6-12(2)15(8-13)19-14-9-17(3,4)11-21-10-14/h6-8,14,19H,5,9-11H2,1-4H3,(H,18,20). The van der Waals surface area contributed by atoms with Crippen LogP contribution in [0.2, 0.25) is 0 Å². The first-order chi connectivity index (χ1) is 9.91. The number of nitrogens with one attached hydrogen (secondary N) is 2. The Labute approximate surface area is 132 Å². The monoisotopic (exact) mass is 306 g/mol. The highest BCUT2D eigenvalue weighted by molar-refractivity contribution is 7.99. The fraction of sp³-hybridized carbons (Fsp3) is 0.588. The van der Waals surface area contributed by atoms with Crippen molar-refractivity contribution in [1.82, 2.24) is 5.32 Å². The Morgan fingerprint density at radius 1 is 1.43 bits per heavy atom. The molecular formula is C17H26N2OS. The Hall–Kier alpha value is -1.16. The molecule has 0 spiro atoms. The summed E-state index contributed by atoms with van der Waals surface area (Å²) in [7, 11) is 0. The number of rotatable bonds is 4. The van der Waals surface area contributed by atoms with Crippen LogP contribution in [0, 0.1) is 12.3 Å². The molecule has 4 heteroatoms. The summed E-state index contributed by atoms with van der Waals surface area (Å²) in [5.41, 5.74) is 3.39. The van der Waals surface area contributed by atoms with Crippen molar-refractivity contribution in [1.29, 1.82) is 0 Å². The third-order valence-corrected chi connectivity index (χ3v) is 5.43. The van der Waals surface area contributed by atoms with Gasteiger partial charge in [0, 0.05) is 29.6 Å². The average Bonchev–Trinajstić information content (AvgIpc) is 2.40. The molecule has 0 bridgehead atoms. The van der Waals surface area contributed by atoms with E-state index in [1.54, 1.807) is 0 Å². The number of hydrogen-bond donors (Lipinski definition) is 2. The van der Waals surface area contributed by atoms with Gasteiger partial charge in [-0.15, -0.1) is 0 Å². The smallest absolute Gasteiger partial charge is 0.251 e. The van der Waals surface area contributed by atoms with Gasteiger partial charge in [0.2, 0.25) is 0 Å². The largest absolute Gasteiger partial charge is 0.381 e. The lowest BCUT2D eigenvalue weighted by atomic mass is 9.87. The number of carbonyl (C=O) groups is 1. The molecule has 2 rings (SSSR count). The molecule has 3 nitrogen and oxygen atoms in total. The van der Waals surface area contributed by atoms with E-state index in [-0.39, 0.29) is 5.91 Å². The Morgan fingerprint density at radius 3 is 2.86 bits per heavy atom. The van der Waals surface area contributed by atoms with Crippen LogP contribution in [0.3, 0.4) is 0 Å². The molecule has 1 aliphatic rings. The molecule has 0 aromatic heterocycles. The number of amides is 1. The highest BCUT2D eigenvalue weighted by Crippen LogP contribution is 2.35. The van der Waals surface area contributed by atoms with Gasteiger partial charge in [-0.25, -0.2) is 0 Å². The van der Waals surface area contributed by atoms with Crippen molar-refractivity contribution in [2.24, 2.45) is 5.41 Å². The summed E-state index contributed by atoms with van der Waals surface area (Å²) in [6, 6.07) is 6.37. The van der Waals surface area contributed by atoms with E-state index in [9.17, 15) is 4.79 Å². The second-order valence-electron chi connectivity index (χ2n) is 6.61. The van der Waals surface area contributed by atoms with Gasteiger partial charge in [-0.2, -0.15) is 11.8 Å². The third kappa shape index (κ3) is 4.40. The van der Waals surface area contributed by atoms with Crippen molar-refractivity contribution < 1.29 is 4.79 Å². The van der Waals surface area contributed by atoms with Crippen LogP contribution in [-0.2, 0) is 0 Å². The maximum atomic E-state index is 12.0. The Balaban J connectivity index is 2.12. The van der Waals surface area contributed by atoms with E-state index < -0.39 is 0 Å². The highest BCUT2D eigenvalue weighted by atomic mass is 32.2. The van der Waals surface area contributed by atoms with Gasteiger partial charge in [0.15, 0.2) is 0 Å². The molecule has 1 aromatic rings. The summed E-state index contributed by atoms with van der Waals surface area (Å²) in [5, 5.41) is 6.50. The van der Waals surface area contributed by atoms with E-state index in [4.69, 9.17) is 0 Å². The Bertz CT molecular complexity index is 514. The lowest BCUT2D eigenvalue weighted by Gasteiger charge is -2.36. The SMILES string of the molecule is CCNC(=O)c1ccc(C)c(NC2CSCC(C)(C)C2)c1. The van der Waals surface area contributed by atoms with Crippen LogP contribution in [-0.4, -0.2) is 30.0 Å². The second-order valence-corrected chi connectivity index (χ2v) is 7.64. The molecule has 0 aliphatic carbocycles. The van der Waals surface area contributed by atoms with Gasteiger partial charge in [-0.1, -0.05) is 19.9 Å². The summed E-state index contributed by atoms with van der Waals surface area (Å²) in [4.78, 5) is 12.0. The molecule has 1 fully saturated rings. The lowest BCUT2D eigenvalue weighted by Crippen LogP contribution is -2.35. The van der Waals surface area contributed by atoms with Crippen LogP contribution < -0.4 is 10.6 Å². The summed E-state index contributed by atoms with van der Waals surface area (Å²) in [6.45, 7) is 9.33. The maximum Gasteiger partial charge on any atom is 0.251 e. The quantitative estimate of drug-likeness (QED) is 0.891. The predicted molar refractivity (Wildman–Crippen MR) is 92.3 cm³/mol. The van der Waals surface area contributed by atoms with E-state index >= 15 is 0 Å². The van der Waals surface area contributed by atoms with Gasteiger partial charge in [-0.05, 0) is 49.1 Å². The van der Waals surface area contributed by atoms with Gasteiger partial charge in [0.25, 0.3) is 5.91 Å². The molecule has 1 aromatic carbocycles. The lowest BCUT2D eigenvalue weighted by molar-refractivity contribution is 0.0956. The Kier molecular flexibility index (Phi) is 5.20. The van der Waals surface area contributed by atoms with Crippen LogP contribution in [0.1, 0.15) is 43.1 Å². The molecule has 1 atom stereocenters. The van der Waals surface area contributed by atoms with E-state index in [2.05, 4.69) is 31.4 Å². The molecular weight excluding hydrogens is 280 g/mol. The summed E-state index contributed by atoms with van der Waals surface area (Å²) < 4.78 is 0. The fourth-order valence-corrected chi connectivity index (χ4v) is 4.03.